The molecule has 1 saturated carbocycles. The van der Waals surface area contributed by atoms with Crippen molar-refractivity contribution in [2.24, 2.45) is 11.7 Å². The van der Waals surface area contributed by atoms with Crippen LogP contribution in [0.25, 0.3) is 0 Å². The Bertz CT molecular complexity index is 275. The lowest BCUT2D eigenvalue weighted by Gasteiger charge is -2.22. The van der Waals surface area contributed by atoms with Gasteiger partial charge in [-0.2, -0.15) is 0 Å². The van der Waals surface area contributed by atoms with Crippen LogP contribution in [0.15, 0.2) is 0 Å². The van der Waals surface area contributed by atoms with Gasteiger partial charge in [0.2, 0.25) is 0 Å². The number of primary amides is 1. The molecule has 0 aromatic carbocycles. The molecule has 0 radical (unpaired) electrons. The van der Waals surface area contributed by atoms with Crippen molar-refractivity contribution < 1.29 is 14.3 Å². The Labute approximate surface area is 108 Å². The molecule has 5 heteroatoms. The molecule has 0 spiro atoms. The van der Waals surface area contributed by atoms with Crippen LogP contribution in [0.1, 0.15) is 51.4 Å². The van der Waals surface area contributed by atoms with E-state index in [4.69, 9.17) is 10.5 Å². The van der Waals surface area contributed by atoms with Crippen LogP contribution < -0.4 is 11.1 Å². The molecule has 0 aliphatic heterocycles. The predicted octanol–water partition coefficient (Wildman–Crippen LogP) is 1.95. The van der Waals surface area contributed by atoms with Crippen molar-refractivity contribution in [3.05, 3.63) is 0 Å². The third-order valence-electron chi connectivity index (χ3n) is 3.60. The van der Waals surface area contributed by atoms with E-state index in [-0.39, 0.29) is 5.91 Å². The summed E-state index contributed by atoms with van der Waals surface area (Å²) in [7, 11) is 1.53. The molecule has 5 nitrogen and oxygen atoms in total. The molecular formula is C13H24N2O3. The fourth-order valence-electron chi connectivity index (χ4n) is 2.61. The van der Waals surface area contributed by atoms with Crippen LogP contribution in [0.2, 0.25) is 0 Å². The van der Waals surface area contributed by atoms with Crippen LogP contribution in [-0.2, 0) is 9.53 Å². The second-order valence-electron chi connectivity index (χ2n) is 4.97. The van der Waals surface area contributed by atoms with Crippen LogP contribution in [0.5, 0.6) is 0 Å². The van der Waals surface area contributed by atoms with Crippen molar-refractivity contribution in [3.8, 4) is 0 Å². The third kappa shape index (κ3) is 5.38. The zero-order valence-corrected chi connectivity index (χ0v) is 11.1. The summed E-state index contributed by atoms with van der Waals surface area (Å²) in [5.41, 5.74) is 4.96. The average molecular weight is 256 g/mol. The maximum atomic E-state index is 11.5. The van der Waals surface area contributed by atoms with Gasteiger partial charge in [-0.05, 0) is 18.8 Å². The average Bonchev–Trinajstić information content (AvgIpc) is 2.37. The molecule has 0 aromatic rings. The maximum absolute atomic E-state index is 11.5. The second-order valence-corrected chi connectivity index (χ2v) is 4.97. The molecule has 2 amide bonds. The van der Waals surface area contributed by atoms with Crippen molar-refractivity contribution in [2.45, 2.75) is 57.5 Å². The van der Waals surface area contributed by atoms with Crippen molar-refractivity contribution in [1.82, 2.24) is 5.32 Å². The van der Waals surface area contributed by atoms with Gasteiger partial charge in [-0.1, -0.05) is 38.5 Å². The monoisotopic (exact) mass is 256 g/mol. The first-order valence-corrected chi connectivity index (χ1v) is 6.81. The number of carbonyl (C=O) groups excluding carboxylic acids is 2. The molecule has 104 valence electrons. The van der Waals surface area contributed by atoms with Crippen molar-refractivity contribution in [3.63, 3.8) is 0 Å². The van der Waals surface area contributed by atoms with E-state index >= 15 is 0 Å². The Morgan fingerprint density at radius 2 is 2.00 bits per heavy atom. The van der Waals surface area contributed by atoms with Gasteiger partial charge in [-0.15, -0.1) is 0 Å². The van der Waals surface area contributed by atoms with Gasteiger partial charge >= 0.3 is 6.09 Å². The topological polar surface area (TPSA) is 81.4 Å². The third-order valence-corrected chi connectivity index (χ3v) is 3.60. The summed E-state index contributed by atoms with van der Waals surface area (Å²) in [6.07, 6.45) is 7.51. The van der Waals surface area contributed by atoms with Gasteiger partial charge in [-0.25, -0.2) is 4.79 Å². The van der Waals surface area contributed by atoms with Crippen LogP contribution >= 0.6 is 0 Å². The number of hydrogen-bond donors (Lipinski definition) is 2. The number of nitrogens with two attached hydrogens (primary N) is 1. The normalized spacial score (nSPS) is 18.1. The number of nitrogens with one attached hydrogen (secondary N) is 1. The molecule has 0 saturated heterocycles. The van der Waals surface area contributed by atoms with Gasteiger partial charge in [-0.3, -0.25) is 4.79 Å². The largest absolute Gasteiger partial charge is 0.436 e. The Kier molecular flexibility index (Phi) is 6.54. The number of hydrogen-bond acceptors (Lipinski definition) is 3. The van der Waals surface area contributed by atoms with E-state index in [1.807, 2.05) is 0 Å². The molecule has 0 bridgehead atoms. The summed E-state index contributed by atoms with van der Waals surface area (Å²) in [4.78, 5) is 22.2. The molecular weight excluding hydrogens is 232 g/mol. The molecule has 3 N–H and O–H groups in total. The smallest absolute Gasteiger partial charge is 0.405 e. The number of ether oxygens (including phenoxy) is 1. The summed E-state index contributed by atoms with van der Waals surface area (Å²) in [6, 6.07) is 0. The molecule has 1 unspecified atom stereocenters. The van der Waals surface area contributed by atoms with Crippen LogP contribution in [-0.4, -0.2) is 25.2 Å². The molecule has 1 rings (SSSR count). The SMILES string of the molecule is CNC(=O)C(CCCC1CCCCC1)OC(N)=O. The molecule has 1 aliphatic carbocycles. The summed E-state index contributed by atoms with van der Waals surface area (Å²) in [6.45, 7) is 0. The first-order valence-electron chi connectivity index (χ1n) is 6.81. The lowest BCUT2D eigenvalue weighted by atomic mass is 9.85. The van der Waals surface area contributed by atoms with E-state index in [2.05, 4.69) is 5.32 Å². The first kappa shape index (κ1) is 14.8. The summed E-state index contributed by atoms with van der Waals surface area (Å²) >= 11 is 0. The number of carbonyl (C=O) groups is 2. The minimum Gasteiger partial charge on any atom is -0.436 e. The Morgan fingerprint density at radius 3 is 2.56 bits per heavy atom. The van der Waals surface area contributed by atoms with Crippen LogP contribution in [0.4, 0.5) is 4.79 Å². The van der Waals surface area contributed by atoms with E-state index in [0.717, 1.165) is 18.8 Å². The predicted molar refractivity (Wildman–Crippen MR) is 68.9 cm³/mol. The quantitative estimate of drug-likeness (QED) is 0.762. The standard InChI is InChI=1S/C13H24N2O3/c1-15-12(16)11(18-13(14)17)9-5-8-10-6-3-2-4-7-10/h10-11H,2-9H2,1H3,(H2,14,17)(H,15,16). The van der Waals surface area contributed by atoms with E-state index in [9.17, 15) is 9.59 Å². The zero-order chi connectivity index (χ0) is 13.4. The molecule has 0 heterocycles. The van der Waals surface area contributed by atoms with Gasteiger partial charge in [0.1, 0.15) is 0 Å². The molecule has 0 aromatic heterocycles. The van der Waals surface area contributed by atoms with Crippen molar-refractivity contribution in [2.75, 3.05) is 7.05 Å². The zero-order valence-electron chi connectivity index (χ0n) is 11.1. The summed E-state index contributed by atoms with van der Waals surface area (Å²) < 4.78 is 4.82. The van der Waals surface area contributed by atoms with E-state index in [1.54, 1.807) is 0 Å². The Balaban J connectivity index is 2.27. The minimum atomic E-state index is -0.888. The molecule has 18 heavy (non-hydrogen) atoms. The molecule has 1 fully saturated rings. The highest BCUT2D eigenvalue weighted by atomic mass is 16.6. The maximum Gasteiger partial charge on any atom is 0.405 e. The minimum absolute atomic E-state index is 0.280. The van der Waals surface area contributed by atoms with E-state index < -0.39 is 12.2 Å². The second kappa shape index (κ2) is 7.95. The fourth-order valence-corrected chi connectivity index (χ4v) is 2.61. The molecule has 1 aliphatic rings. The van der Waals surface area contributed by atoms with Crippen molar-refractivity contribution in [1.29, 1.82) is 0 Å². The van der Waals surface area contributed by atoms with Gasteiger partial charge in [0.05, 0.1) is 0 Å². The lowest BCUT2D eigenvalue weighted by Crippen LogP contribution is -2.37. The van der Waals surface area contributed by atoms with Gasteiger partial charge in [0.15, 0.2) is 6.10 Å². The number of amides is 2. The van der Waals surface area contributed by atoms with Crippen LogP contribution in [0.3, 0.4) is 0 Å². The Morgan fingerprint density at radius 1 is 1.33 bits per heavy atom. The summed E-state index contributed by atoms with van der Waals surface area (Å²) in [5, 5.41) is 2.49. The van der Waals surface area contributed by atoms with E-state index in [0.29, 0.717) is 6.42 Å². The Hall–Kier alpha value is -1.26. The molecule has 1 atom stereocenters. The number of likely N-dealkylation sites (N-methyl/N-ethyl adjacent to an activating group) is 1. The van der Waals surface area contributed by atoms with E-state index in [1.165, 1.54) is 39.2 Å². The fraction of sp³-hybridized carbons (Fsp3) is 0.846. The highest BCUT2D eigenvalue weighted by molar-refractivity contribution is 5.82. The highest BCUT2D eigenvalue weighted by Crippen LogP contribution is 2.28. The van der Waals surface area contributed by atoms with Crippen molar-refractivity contribution >= 4 is 12.0 Å². The highest BCUT2D eigenvalue weighted by Gasteiger charge is 2.21. The number of rotatable bonds is 6. The van der Waals surface area contributed by atoms with Gasteiger partial charge in [0, 0.05) is 7.05 Å². The first-order chi connectivity index (χ1) is 8.63. The van der Waals surface area contributed by atoms with Gasteiger partial charge < -0.3 is 15.8 Å². The van der Waals surface area contributed by atoms with Crippen LogP contribution in [0, 0.1) is 5.92 Å². The lowest BCUT2D eigenvalue weighted by molar-refractivity contribution is -0.129. The van der Waals surface area contributed by atoms with Gasteiger partial charge in [0.25, 0.3) is 5.91 Å². The summed E-state index contributed by atoms with van der Waals surface area (Å²) in [5.74, 6) is 0.495.